The van der Waals surface area contributed by atoms with Gasteiger partial charge in [0.2, 0.25) is 0 Å². The molecule has 0 aliphatic rings. The highest BCUT2D eigenvalue weighted by molar-refractivity contribution is 5.73. The molecule has 0 saturated heterocycles. The van der Waals surface area contributed by atoms with Gasteiger partial charge in [-0.15, -0.1) is 0 Å². The number of phenolic OH excluding ortho intramolecular Hbond substituents is 4. The van der Waals surface area contributed by atoms with Gasteiger partial charge >= 0.3 is 23.9 Å². The maximum absolute atomic E-state index is 13.9. The Morgan fingerprint density at radius 2 is 0.435 bits per heavy atom. The van der Waals surface area contributed by atoms with E-state index in [-0.39, 0.29) is 74.4 Å². The van der Waals surface area contributed by atoms with E-state index in [4.69, 9.17) is 23.7 Å². The van der Waals surface area contributed by atoms with E-state index in [1.165, 1.54) is 0 Å². The maximum Gasteiger partial charge on any atom is 0.309 e. The Balaban J connectivity index is 1.68. The molecular formula is C72H106O13. The summed E-state index contributed by atoms with van der Waals surface area (Å²) in [6, 6.07) is 15.2. The first-order valence-corrected chi connectivity index (χ1v) is 30.3. The van der Waals surface area contributed by atoms with E-state index in [0.29, 0.717) is 0 Å². The molecule has 13 nitrogen and oxygen atoms in total. The molecule has 4 N–H and O–H groups in total. The van der Waals surface area contributed by atoms with Crippen LogP contribution >= 0.6 is 0 Å². The lowest BCUT2D eigenvalue weighted by atomic mass is 9.78. The molecule has 4 aromatic carbocycles. The molecular weight excluding hydrogens is 1070 g/mol. The second kappa shape index (κ2) is 26.9. The molecule has 0 aromatic heterocycles. The van der Waals surface area contributed by atoms with Crippen molar-refractivity contribution < 1.29 is 63.3 Å². The van der Waals surface area contributed by atoms with Crippen molar-refractivity contribution in [1.29, 1.82) is 0 Å². The number of esters is 4. The van der Waals surface area contributed by atoms with Gasteiger partial charge in [0.25, 0.3) is 12.6 Å². The van der Waals surface area contributed by atoms with Crippen LogP contribution in [0.25, 0.3) is 0 Å². The van der Waals surface area contributed by atoms with E-state index < -0.39 is 93.0 Å². The Morgan fingerprint density at radius 1 is 0.294 bits per heavy atom. The molecule has 0 radical (unpaired) electrons. The standard InChI is InChI=1S/C72H106O13/c1-65(2,3)47-33-43(34-48(61(47)77)66(4,5)6)25-29-55(73)82-59(83-56(74)30-26-44-35-49(67(7,8)9)62(78)50(36-44)68(10,11)12)41-81-42-60(84-57(75)31-27-45-37-51(69(13,14)15)63(79)52(38-45)70(16,17)18)85-58(76)32-28-46-39-53(71(19,20)21)64(80)54(40-46)72(22,23)24/h33-40,59-60,77-80H,25-32,41-42H2,1-24H3. The molecule has 0 bridgehead atoms. The largest absolute Gasteiger partial charge is 0.507 e. The van der Waals surface area contributed by atoms with Gasteiger partial charge < -0.3 is 44.1 Å². The zero-order chi connectivity index (χ0) is 65.0. The number of ether oxygens (including phenoxy) is 5. The Labute approximate surface area is 510 Å². The highest BCUT2D eigenvalue weighted by Crippen LogP contribution is 2.44. The van der Waals surface area contributed by atoms with Crippen LogP contribution in [-0.2, 0) is 112 Å². The minimum Gasteiger partial charge on any atom is -0.507 e. The van der Waals surface area contributed by atoms with Crippen molar-refractivity contribution in [2.45, 2.75) is 273 Å². The quantitative estimate of drug-likeness (QED) is 0.0482. The van der Waals surface area contributed by atoms with Gasteiger partial charge in [-0.2, -0.15) is 0 Å². The number of carbonyl (C=O) groups is 4. The average Bonchev–Trinajstić information content (AvgIpc) is 1.59. The average molecular weight is 1180 g/mol. The molecule has 13 heteroatoms. The van der Waals surface area contributed by atoms with Crippen LogP contribution in [0.5, 0.6) is 23.0 Å². The van der Waals surface area contributed by atoms with E-state index in [0.717, 1.165) is 66.8 Å². The predicted octanol–water partition coefficient (Wildman–Crippen LogP) is 15.6. The number of phenols is 4. The molecule has 85 heavy (non-hydrogen) atoms. The van der Waals surface area contributed by atoms with Gasteiger partial charge in [-0.05, 0) is 136 Å². The highest BCUT2D eigenvalue weighted by atomic mass is 16.7. The van der Waals surface area contributed by atoms with Gasteiger partial charge in [-0.3, -0.25) is 19.2 Å². The van der Waals surface area contributed by atoms with Crippen molar-refractivity contribution in [3.8, 4) is 23.0 Å². The third-order valence-corrected chi connectivity index (χ3v) is 15.2. The van der Waals surface area contributed by atoms with E-state index in [2.05, 4.69) is 0 Å². The van der Waals surface area contributed by atoms with Gasteiger partial charge in [0.1, 0.15) is 36.2 Å². The van der Waals surface area contributed by atoms with Gasteiger partial charge in [-0.25, -0.2) is 0 Å². The summed E-state index contributed by atoms with van der Waals surface area (Å²) in [5.41, 5.74) is 5.94. The van der Waals surface area contributed by atoms with Crippen LogP contribution in [0.4, 0.5) is 0 Å². The number of benzene rings is 4. The van der Waals surface area contributed by atoms with Crippen molar-refractivity contribution in [2.75, 3.05) is 13.2 Å². The molecule has 472 valence electrons. The number of rotatable bonds is 20. The van der Waals surface area contributed by atoms with E-state index in [9.17, 15) is 39.6 Å². The Kier molecular flexibility index (Phi) is 22.6. The second-order valence-electron chi connectivity index (χ2n) is 31.5. The van der Waals surface area contributed by atoms with Crippen LogP contribution in [0.2, 0.25) is 0 Å². The summed E-state index contributed by atoms with van der Waals surface area (Å²) in [5.74, 6) is -1.93. The molecule has 0 atom stereocenters. The monoisotopic (exact) mass is 1180 g/mol. The lowest BCUT2D eigenvalue weighted by Gasteiger charge is -2.28. The number of carbonyl (C=O) groups excluding carboxylic acids is 4. The lowest BCUT2D eigenvalue weighted by molar-refractivity contribution is -0.211. The number of aryl methyl sites for hydroxylation is 4. The molecule has 4 aromatic rings. The van der Waals surface area contributed by atoms with Crippen molar-refractivity contribution in [3.05, 3.63) is 115 Å². The van der Waals surface area contributed by atoms with E-state index in [1.807, 2.05) is 215 Å². The summed E-state index contributed by atoms with van der Waals surface area (Å²) < 4.78 is 29.6. The van der Waals surface area contributed by atoms with Gasteiger partial charge in [-0.1, -0.05) is 215 Å². The van der Waals surface area contributed by atoms with Gasteiger partial charge in [0.15, 0.2) is 0 Å². The zero-order valence-electron chi connectivity index (χ0n) is 56.3. The molecule has 0 aliphatic heterocycles. The van der Waals surface area contributed by atoms with Crippen LogP contribution in [-0.4, -0.2) is 70.1 Å². The maximum atomic E-state index is 13.9. The molecule has 0 heterocycles. The Morgan fingerprint density at radius 3 is 0.565 bits per heavy atom. The Bertz CT molecular complexity index is 2470. The first-order chi connectivity index (χ1) is 38.5. The first kappa shape index (κ1) is 71.4. The van der Waals surface area contributed by atoms with Crippen molar-refractivity contribution >= 4 is 23.9 Å². The molecule has 0 aliphatic carbocycles. The third kappa shape index (κ3) is 20.5. The molecule has 0 amide bonds. The van der Waals surface area contributed by atoms with Crippen molar-refractivity contribution in [3.63, 3.8) is 0 Å². The summed E-state index contributed by atoms with van der Waals surface area (Å²) in [6.45, 7) is 47.2. The fraction of sp³-hybridized carbons (Fsp3) is 0.611. The number of aromatic hydroxyl groups is 4. The summed E-state index contributed by atoms with van der Waals surface area (Å²) in [4.78, 5) is 55.6. The summed E-state index contributed by atoms with van der Waals surface area (Å²) in [6.07, 6.45) is -2.66. The zero-order valence-corrected chi connectivity index (χ0v) is 56.3. The predicted molar refractivity (Wildman–Crippen MR) is 338 cm³/mol. The van der Waals surface area contributed by atoms with Crippen molar-refractivity contribution in [2.24, 2.45) is 0 Å². The molecule has 0 fully saturated rings. The summed E-state index contributed by atoms with van der Waals surface area (Å²) >= 11 is 0. The fourth-order valence-electron chi connectivity index (χ4n) is 10.2. The topological polar surface area (TPSA) is 195 Å². The van der Waals surface area contributed by atoms with Gasteiger partial charge in [0.05, 0.1) is 0 Å². The molecule has 0 unspecified atom stereocenters. The molecule has 4 rings (SSSR count). The van der Waals surface area contributed by atoms with Crippen molar-refractivity contribution in [1.82, 2.24) is 0 Å². The second-order valence-corrected chi connectivity index (χ2v) is 31.5. The third-order valence-electron chi connectivity index (χ3n) is 15.2. The lowest BCUT2D eigenvalue weighted by Crippen LogP contribution is -2.34. The first-order valence-electron chi connectivity index (χ1n) is 30.3. The van der Waals surface area contributed by atoms with E-state index in [1.54, 1.807) is 0 Å². The summed E-state index contributed by atoms with van der Waals surface area (Å²) in [5, 5.41) is 45.5. The van der Waals surface area contributed by atoms with Crippen LogP contribution in [0, 0.1) is 0 Å². The Hall–Kier alpha value is -6.08. The number of hydrogen-bond donors (Lipinski definition) is 4. The number of hydrogen-bond acceptors (Lipinski definition) is 13. The van der Waals surface area contributed by atoms with Crippen LogP contribution in [0.1, 0.15) is 259 Å². The van der Waals surface area contributed by atoms with E-state index >= 15 is 0 Å². The minimum absolute atomic E-state index is 0.118. The van der Waals surface area contributed by atoms with Crippen LogP contribution < -0.4 is 0 Å². The molecule has 0 spiro atoms. The van der Waals surface area contributed by atoms with Gasteiger partial charge in [0, 0.05) is 25.7 Å². The minimum atomic E-state index is -1.58. The highest BCUT2D eigenvalue weighted by Gasteiger charge is 2.33. The smallest absolute Gasteiger partial charge is 0.309 e. The summed E-state index contributed by atoms with van der Waals surface area (Å²) in [7, 11) is 0. The SMILES string of the molecule is CC(C)(C)c1cc(CCC(=O)OC(COCC(OC(=O)CCc2cc(C(C)(C)C)c(O)c(C(C)(C)C)c2)OC(=O)CCc2cc(C(C)(C)C)c(O)c(C(C)(C)C)c2)OC(=O)CCc2cc(C(C)(C)C)c(O)c(C(C)(C)C)c2)cc(C(C)(C)C)c1O. The van der Waals surface area contributed by atoms with Crippen LogP contribution in [0.3, 0.4) is 0 Å². The fourth-order valence-corrected chi connectivity index (χ4v) is 10.2. The van der Waals surface area contributed by atoms with Crippen LogP contribution in [0.15, 0.2) is 48.5 Å². The normalized spacial score (nSPS) is 13.1. The molecule has 0 saturated carbocycles.